The van der Waals surface area contributed by atoms with E-state index in [2.05, 4.69) is 18.3 Å². The minimum atomic E-state index is -0.927. The van der Waals surface area contributed by atoms with E-state index in [0.717, 1.165) is 18.4 Å². The Bertz CT molecular complexity index is 658. The highest BCUT2D eigenvalue weighted by molar-refractivity contribution is 5.82. The third-order valence-electron chi connectivity index (χ3n) is 6.04. The second-order valence-electron chi connectivity index (χ2n) is 9.14. The predicted octanol–water partition coefficient (Wildman–Crippen LogP) is 3.49. The normalized spacial score (nSPS) is 25.2. The molecule has 3 aliphatic rings. The standard InChI is InChI=1S/C22H36N2O5/c1-8-9-14(4)22(6,7)23-19(25)18-16-10-17(18)12-24(11-16)21(27)29-15(5)28-20(26)13(2)3/h9,13,15-18H,8,10-12H2,1-7H3,(H,23,25)/b14-9-. The van der Waals surface area contributed by atoms with Crippen LogP contribution in [0.4, 0.5) is 4.79 Å². The lowest BCUT2D eigenvalue weighted by molar-refractivity contribution is -0.171. The zero-order valence-corrected chi connectivity index (χ0v) is 18.8. The first-order valence-corrected chi connectivity index (χ1v) is 10.6. The van der Waals surface area contributed by atoms with Crippen molar-refractivity contribution in [3.63, 3.8) is 0 Å². The fraction of sp³-hybridized carbons (Fsp3) is 0.773. The van der Waals surface area contributed by atoms with Crippen molar-refractivity contribution in [2.75, 3.05) is 13.1 Å². The summed E-state index contributed by atoms with van der Waals surface area (Å²) >= 11 is 0. The van der Waals surface area contributed by atoms with E-state index in [1.54, 1.807) is 18.7 Å². The van der Waals surface area contributed by atoms with Crippen molar-refractivity contribution in [2.45, 2.75) is 73.1 Å². The summed E-state index contributed by atoms with van der Waals surface area (Å²) in [4.78, 5) is 38.5. The summed E-state index contributed by atoms with van der Waals surface area (Å²) in [5.74, 6) is -0.407. The lowest BCUT2D eigenvalue weighted by Crippen LogP contribution is -2.62. The van der Waals surface area contributed by atoms with Gasteiger partial charge in [0.15, 0.2) is 0 Å². The van der Waals surface area contributed by atoms with Crippen LogP contribution >= 0.6 is 0 Å². The molecule has 29 heavy (non-hydrogen) atoms. The molecule has 3 rings (SSSR count). The van der Waals surface area contributed by atoms with Gasteiger partial charge in [-0.3, -0.25) is 9.59 Å². The van der Waals surface area contributed by atoms with E-state index in [1.165, 1.54) is 6.92 Å². The van der Waals surface area contributed by atoms with Crippen LogP contribution < -0.4 is 5.32 Å². The number of hydrogen-bond donors (Lipinski definition) is 1. The van der Waals surface area contributed by atoms with E-state index < -0.39 is 18.4 Å². The van der Waals surface area contributed by atoms with Crippen molar-refractivity contribution in [3.05, 3.63) is 11.6 Å². The number of carbonyl (C=O) groups is 3. The molecule has 2 amide bonds. The number of nitrogens with one attached hydrogen (secondary N) is 1. The minimum absolute atomic E-state index is 0.0624. The molecule has 164 valence electrons. The first-order chi connectivity index (χ1) is 13.5. The topological polar surface area (TPSA) is 84.9 Å². The largest absolute Gasteiger partial charge is 0.425 e. The maximum Gasteiger partial charge on any atom is 0.412 e. The fourth-order valence-corrected chi connectivity index (χ4v) is 4.06. The number of nitrogens with zero attached hydrogens (tertiary/aromatic N) is 1. The third kappa shape index (κ3) is 5.52. The number of piperidine rings is 2. The predicted molar refractivity (Wildman–Crippen MR) is 110 cm³/mol. The molecule has 2 heterocycles. The van der Waals surface area contributed by atoms with Gasteiger partial charge in [0.2, 0.25) is 12.2 Å². The number of hydrogen-bond acceptors (Lipinski definition) is 5. The zero-order valence-electron chi connectivity index (χ0n) is 18.8. The van der Waals surface area contributed by atoms with Gasteiger partial charge in [0.25, 0.3) is 0 Å². The molecule has 1 saturated carbocycles. The van der Waals surface area contributed by atoms with Gasteiger partial charge in [-0.15, -0.1) is 0 Å². The lowest BCUT2D eigenvalue weighted by atomic mass is 9.61. The van der Waals surface area contributed by atoms with E-state index in [0.29, 0.717) is 13.1 Å². The van der Waals surface area contributed by atoms with Crippen molar-refractivity contribution < 1.29 is 23.9 Å². The van der Waals surface area contributed by atoms with E-state index in [4.69, 9.17) is 9.47 Å². The highest BCUT2D eigenvalue weighted by Gasteiger charge is 2.52. The average molecular weight is 409 g/mol. The van der Waals surface area contributed by atoms with Crippen molar-refractivity contribution in [1.29, 1.82) is 0 Å². The number of rotatable bonds is 7. The van der Waals surface area contributed by atoms with Gasteiger partial charge >= 0.3 is 12.1 Å². The summed E-state index contributed by atoms with van der Waals surface area (Å²) in [6, 6.07) is 0. The van der Waals surface area contributed by atoms with Crippen LogP contribution in [0.2, 0.25) is 0 Å². The van der Waals surface area contributed by atoms with Crippen molar-refractivity contribution in [3.8, 4) is 0 Å². The molecular formula is C22H36N2O5. The zero-order chi connectivity index (χ0) is 21.9. The molecule has 0 aromatic carbocycles. The van der Waals surface area contributed by atoms with Crippen LogP contribution in [0.25, 0.3) is 0 Å². The van der Waals surface area contributed by atoms with Gasteiger partial charge < -0.3 is 19.7 Å². The molecule has 1 N–H and O–H groups in total. The molecule has 3 fully saturated rings. The number of carbonyl (C=O) groups excluding carboxylic acids is 3. The number of amides is 2. The van der Waals surface area contributed by atoms with Crippen LogP contribution in [-0.4, -0.2) is 47.8 Å². The van der Waals surface area contributed by atoms with Gasteiger partial charge in [0, 0.05) is 25.9 Å². The molecule has 0 aromatic rings. The van der Waals surface area contributed by atoms with E-state index >= 15 is 0 Å². The minimum Gasteiger partial charge on any atom is -0.425 e. The Labute approximate surface area is 174 Å². The van der Waals surface area contributed by atoms with Crippen LogP contribution in [-0.2, 0) is 19.1 Å². The SMILES string of the molecule is CC/C=C(/C)C(C)(C)NC(=O)C1C2CC1CN(C(=O)OC(C)OC(=O)C(C)C)C2. The van der Waals surface area contributed by atoms with Crippen molar-refractivity contribution in [1.82, 2.24) is 10.2 Å². The van der Waals surface area contributed by atoms with Crippen LogP contribution in [0.15, 0.2) is 11.6 Å². The molecular weight excluding hydrogens is 372 g/mol. The summed E-state index contributed by atoms with van der Waals surface area (Å²) in [6.45, 7) is 14.1. The van der Waals surface area contributed by atoms with Gasteiger partial charge in [0.1, 0.15) is 0 Å². The van der Waals surface area contributed by atoms with Gasteiger partial charge in [0.05, 0.1) is 11.5 Å². The molecule has 3 unspecified atom stereocenters. The first kappa shape index (κ1) is 23.2. The number of ether oxygens (including phenoxy) is 2. The maximum atomic E-state index is 12.9. The Morgan fingerprint density at radius 2 is 1.72 bits per heavy atom. The molecule has 7 heteroatoms. The summed E-state index contributed by atoms with van der Waals surface area (Å²) in [6.07, 6.45) is 2.59. The van der Waals surface area contributed by atoms with Crippen LogP contribution in [0.5, 0.6) is 0 Å². The molecule has 0 radical (unpaired) electrons. The second-order valence-corrected chi connectivity index (χ2v) is 9.14. The summed E-state index contributed by atoms with van der Waals surface area (Å²) < 4.78 is 10.3. The Morgan fingerprint density at radius 1 is 1.14 bits per heavy atom. The highest BCUT2D eigenvalue weighted by Crippen LogP contribution is 2.46. The Balaban J connectivity index is 1.87. The van der Waals surface area contributed by atoms with E-state index in [1.807, 2.05) is 20.8 Å². The van der Waals surface area contributed by atoms with Gasteiger partial charge in [-0.25, -0.2) is 4.79 Å². The highest BCUT2D eigenvalue weighted by atomic mass is 16.7. The fourth-order valence-electron chi connectivity index (χ4n) is 4.06. The smallest absolute Gasteiger partial charge is 0.412 e. The van der Waals surface area contributed by atoms with Crippen LogP contribution in [0.3, 0.4) is 0 Å². The Morgan fingerprint density at radius 3 is 2.24 bits per heavy atom. The summed E-state index contributed by atoms with van der Waals surface area (Å²) in [5, 5.41) is 3.18. The molecule has 1 aliphatic carbocycles. The lowest BCUT2D eigenvalue weighted by Gasteiger charge is -2.52. The van der Waals surface area contributed by atoms with Crippen LogP contribution in [0, 0.1) is 23.7 Å². The monoisotopic (exact) mass is 408 g/mol. The third-order valence-corrected chi connectivity index (χ3v) is 6.04. The maximum absolute atomic E-state index is 12.9. The summed E-state index contributed by atoms with van der Waals surface area (Å²) in [7, 11) is 0. The molecule has 2 aliphatic heterocycles. The van der Waals surface area contributed by atoms with Gasteiger partial charge in [-0.2, -0.15) is 0 Å². The summed E-state index contributed by atoms with van der Waals surface area (Å²) in [5.41, 5.74) is 0.763. The molecule has 0 spiro atoms. The number of allylic oxidation sites excluding steroid dienone is 1. The number of esters is 1. The van der Waals surface area contributed by atoms with Crippen LogP contribution in [0.1, 0.15) is 61.3 Å². The molecule has 0 aromatic heterocycles. The quantitative estimate of drug-likeness (QED) is 0.396. The van der Waals surface area contributed by atoms with E-state index in [-0.39, 0.29) is 35.1 Å². The second kappa shape index (κ2) is 9.18. The van der Waals surface area contributed by atoms with Crippen molar-refractivity contribution >= 4 is 18.0 Å². The Kier molecular flexibility index (Phi) is 7.35. The molecule has 2 saturated heterocycles. The Hall–Kier alpha value is -2.05. The van der Waals surface area contributed by atoms with E-state index in [9.17, 15) is 14.4 Å². The first-order valence-electron chi connectivity index (χ1n) is 10.6. The van der Waals surface area contributed by atoms with Gasteiger partial charge in [-0.05, 0) is 45.4 Å². The molecule has 2 bridgehead atoms. The molecule has 7 nitrogen and oxygen atoms in total. The van der Waals surface area contributed by atoms with Crippen molar-refractivity contribution in [2.24, 2.45) is 23.7 Å². The number of fused-ring (bicyclic) bond motifs is 2. The average Bonchev–Trinajstić information content (AvgIpc) is 2.60. The molecule has 3 atom stereocenters. The van der Waals surface area contributed by atoms with Gasteiger partial charge in [-0.1, -0.05) is 32.4 Å².